The molecule has 0 atom stereocenters. The zero-order valence-corrected chi connectivity index (χ0v) is 13.3. The third-order valence-corrected chi connectivity index (χ3v) is 1.47. The van der Waals surface area contributed by atoms with Gasteiger partial charge in [-0.05, 0) is 0 Å². The summed E-state index contributed by atoms with van der Waals surface area (Å²) >= 11 is 5.30. The molecule has 3 nitrogen and oxygen atoms in total. The van der Waals surface area contributed by atoms with Gasteiger partial charge in [-0.15, -0.1) is 0 Å². The molecule has 0 aromatic carbocycles. The average molecular weight is 508 g/mol. The number of hydrogen-bond acceptors (Lipinski definition) is 1. The summed E-state index contributed by atoms with van der Waals surface area (Å²) in [5, 5.41) is 8.75. The Morgan fingerprint density at radius 1 is 1.67 bits per heavy atom. The number of nitrogens with zero attached hydrogens (tertiary/aromatic N) is 2. The number of rotatable bonds is 1. The van der Waals surface area contributed by atoms with E-state index >= 15 is 0 Å². The van der Waals surface area contributed by atoms with Crippen LogP contribution in [0.2, 0.25) is 0 Å². The Labute approximate surface area is 102 Å². The summed E-state index contributed by atoms with van der Waals surface area (Å²) < 4.78 is 3.78. The second-order valence-corrected chi connectivity index (χ2v) is 18.4. The summed E-state index contributed by atoms with van der Waals surface area (Å²) in [5.41, 5.74) is 0. The molecule has 1 N–H and O–H groups in total. The van der Waals surface area contributed by atoms with Crippen LogP contribution in [0, 0.1) is 0 Å². The number of halogens is 3. The van der Waals surface area contributed by atoms with Crippen molar-refractivity contribution in [3.05, 3.63) is 18.2 Å². The summed E-state index contributed by atoms with van der Waals surface area (Å²) in [7, 11) is 3.82. The molecule has 12 heavy (non-hydrogen) atoms. The van der Waals surface area contributed by atoms with Crippen molar-refractivity contribution in [1.29, 1.82) is 0 Å². The second-order valence-electron chi connectivity index (χ2n) is 2.15. The molecule has 0 saturated carbocycles. The van der Waals surface area contributed by atoms with Crippen molar-refractivity contribution in [2.45, 2.75) is 6.61 Å². The third kappa shape index (κ3) is 4.56. The predicted molar refractivity (Wildman–Crippen MR) is 60.6 cm³/mol. The van der Waals surface area contributed by atoms with Gasteiger partial charge in [-0.2, -0.15) is 0 Å². The van der Waals surface area contributed by atoms with Crippen LogP contribution in [0.5, 0.6) is 0 Å². The van der Waals surface area contributed by atoms with Gasteiger partial charge in [0.2, 0.25) is 0 Å². The van der Waals surface area contributed by atoms with Crippen molar-refractivity contribution in [3.63, 3.8) is 0 Å². The van der Waals surface area contributed by atoms with Gasteiger partial charge in [0.25, 0.3) is 5.82 Å². The van der Waals surface area contributed by atoms with Gasteiger partial charge in [-0.1, -0.05) is 0 Å². The Morgan fingerprint density at radius 2 is 2.17 bits per heavy atom. The van der Waals surface area contributed by atoms with Gasteiger partial charge in [0.15, 0.2) is 0 Å². The summed E-state index contributed by atoms with van der Waals surface area (Å²) in [6.45, 7) is 0.0972. The first-order valence-electron chi connectivity index (χ1n) is 3.15. The maximum atomic E-state index is 8.75. The molecule has 0 saturated heterocycles. The Hall–Kier alpha value is 1.36. The van der Waals surface area contributed by atoms with E-state index in [0.29, 0.717) is 13.3 Å². The molecule has 0 aliphatic carbocycles. The Morgan fingerprint density at radius 3 is 2.33 bits per heavy atom. The fourth-order valence-corrected chi connectivity index (χ4v) is 0.844. The number of hydrogen-bond donors (Lipinski definition) is 1. The Bertz CT molecular complexity index is 207. The van der Waals surface area contributed by atoms with Gasteiger partial charge in [-0.25, -0.2) is 9.13 Å². The number of aryl methyl sites for hydroxylation is 2. The van der Waals surface area contributed by atoms with Crippen molar-refractivity contribution in [2.24, 2.45) is 14.1 Å². The van der Waals surface area contributed by atoms with Crippen LogP contribution in [0.1, 0.15) is 5.82 Å². The SMILES string of the molecule is Cn1cc[n+](C)c1CO.I[I-]I. The molecular weight excluding hydrogens is 497 g/mol. The molecule has 0 fully saturated rings. The standard InChI is InChI=1S/C6H11N2O.I3/c1-7-3-4-8(2)6(7)5-9;1-3-2/h3-4,9H,5H2,1-2H3;/q+1;-1. The molecule has 0 aliphatic heterocycles. The van der Waals surface area contributed by atoms with Gasteiger partial charge >= 0.3 is 50.5 Å². The van der Waals surface area contributed by atoms with Crippen LogP contribution in [0.3, 0.4) is 0 Å². The monoisotopic (exact) mass is 508 g/mol. The molecule has 6 heteroatoms. The molecule has 0 radical (unpaired) electrons. The summed E-state index contributed by atoms with van der Waals surface area (Å²) in [4.78, 5) is 0. The molecule has 1 heterocycles. The zero-order chi connectivity index (χ0) is 9.56. The molecule has 1 rings (SSSR count). The summed E-state index contributed by atoms with van der Waals surface area (Å²) in [6, 6.07) is 0. The van der Waals surface area contributed by atoms with E-state index < -0.39 is 0 Å². The van der Waals surface area contributed by atoms with E-state index in [9.17, 15) is 0 Å². The van der Waals surface area contributed by atoms with E-state index in [0.717, 1.165) is 5.82 Å². The van der Waals surface area contributed by atoms with Crippen LogP contribution >= 0.6 is 37.2 Å². The quantitative estimate of drug-likeness (QED) is 0.350. The Kier molecular flexibility index (Phi) is 8.61. The van der Waals surface area contributed by atoms with Crippen LogP contribution in [-0.4, -0.2) is 9.67 Å². The molecule has 72 valence electrons. The zero-order valence-electron chi connectivity index (χ0n) is 6.84. The topological polar surface area (TPSA) is 29.0 Å². The van der Waals surface area contributed by atoms with Crippen molar-refractivity contribution in [3.8, 4) is 0 Å². The van der Waals surface area contributed by atoms with Crippen molar-refractivity contribution in [2.75, 3.05) is 0 Å². The molecule has 1 aromatic rings. The van der Waals surface area contributed by atoms with Crippen LogP contribution in [0.15, 0.2) is 12.4 Å². The normalized spacial score (nSPS) is 9.42. The van der Waals surface area contributed by atoms with Crippen molar-refractivity contribution >= 4 is 37.2 Å². The van der Waals surface area contributed by atoms with E-state index in [-0.39, 0.29) is 6.61 Å². The van der Waals surface area contributed by atoms with Crippen LogP contribution in [0.4, 0.5) is 0 Å². The fraction of sp³-hybridized carbons (Fsp3) is 0.500. The van der Waals surface area contributed by atoms with Crippen LogP contribution < -0.4 is 17.8 Å². The van der Waals surface area contributed by atoms with Gasteiger partial charge in [0.1, 0.15) is 19.0 Å². The van der Waals surface area contributed by atoms with Crippen LogP contribution in [-0.2, 0) is 20.7 Å². The minimum absolute atomic E-state index is 0.0972. The van der Waals surface area contributed by atoms with Gasteiger partial charge in [0, 0.05) is 0 Å². The van der Waals surface area contributed by atoms with E-state index in [4.69, 9.17) is 5.11 Å². The van der Waals surface area contributed by atoms with Gasteiger partial charge < -0.3 is 5.11 Å². The molecule has 0 aliphatic rings. The molecule has 0 bridgehead atoms. The number of imidazole rings is 1. The Balaban J connectivity index is 0.000000354. The average Bonchev–Trinajstić information content (AvgIpc) is 2.33. The molecular formula is C6H11I3N2O. The summed E-state index contributed by atoms with van der Waals surface area (Å²) in [6.07, 6.45) is 3.82. The van der Waals surface area contributed by atoms with Crippen molar-refractivity contribution in [1.82, 2.24) is 4.57 Å². The molecule has 0 spiro atoms. The number of aliphatic hydroxyl groups excluding tert-OH is 1. The fourth-order valence-electron chi connectivity index (χ4n) is 0.844. The van der Waals surface area contributed by atoms with E-state index in [1.807, 2.05) is 35.6 Å². The first-order valence-corrected chi connectivity index (χ1v) is 15.7. The number of aliphatic hydroxyl groups is 1. The van der Waals surface area contributed by atoms with Crippen molar-refractivity contribution < 1.29 is 22.9 Å². The molecule has 0 unspecified atom stereocenters. The first kappa shape index (κ1) is 13.4. The van der Waals surface area contributed by atoms with Crippen LogP contribution in [0.25, 0.3) is 0 Å². The number of aromatic nitrogens is 2. The maximum absolute atomic E-state index is 8.75. The van der Waals surface area contributed by atoms with E-state index in [1.54, 1.807) is 0 Å². The second kappa shape index (κ2) is 7.74. The predicted octanol–water partition coefficient (Wildman–Crippen LogP) is -1.88. The van der Waals surface area contributed by atoms with E-state index in [2.05, 4.69) is 37.2 Å². The molecule has 1 aromatic heterocycles. The molecule has 0 amide bonds. The summed E-state index contributed by atoms with van der Waals surface area (Å²) in [5.74, 6) is 0.912. The van der Waals surface area contributed by atoms with Gasteiger partial charge in [-0.3, -0.25) is 0 Å². The minimum atomic E-state index is 0.0972. The van der Waals surface area contributed by atoms with E-state index in [1.165, 1.54) is 0 Å². The first-order chi connectivity index (χ1) is 5.67. The van der Waals surface area contributed by atoms with Gasteiger partial charge in [0.05, 0.1) is 14.1 Å². The third-order valence-electron chi connectivity index (χ3n) is 1.47.